The van der Waals surface area contributed by atoms with E-state index in [9.17, 15) is 18.0 Å². The molecule has 0 heterocycles. The summed E-state index contributed by atoms with van der Waals surface area (Å²) in [6.07, 6.45) is -3.50. The van der Waals surface area contributed by atoms with E-state index in [0.29, 0.717) is 5.56 Å². The maximum absolute atomic E-state index is 12.8. The van der Waals surface area contributed by atoms with Gasteiger partial charge in [0.15, 0.2) is 0 Å². The zero-order valence-electron chi connectivity index (χ0n) is 11.1. The minimum absolute atomic E-state index is 0.119. The lowest BCUT2D eigenvalue weighted by atomic mass is 10.1. The fourth-order valence-corrected chi connectivity index (χ4v) is 1.96. The standard InChI is InChI=1S/C15H10BrF3N2O/c16-12-7-5-10(6-8-12)14(22)21-20-9-11-3-1-2-4-13(11)15(17,18)19/h1-9H,(H,21,22)/b20-9-. The van der Waals surface area contributed by atoms with Gasteiger partial charge in [0.05, 0.1) is 11.8 Å². The molecule has 0 aliphatic rings. The first-order chi connectivity index (χ1) is 10.4. The van der Waals surface area contributed by atoms with Crippen LogP contribution in [-0.4, -0.2) is 12.1 Å². The zero-order chi connectivity index (χ0) is 16.2. The smallest absolute Gasteiger partial charge is 0.267 e. The summed E-state index contributed by atoms with van der Waals surface area (Å²) >= 11 is 3.24. The van der Waals surface area contributed by atoms with Gasteiger partial charge in [0.2, 0.25) is 0 Å². The molecular weight excluding hydrogens is 361 g/mol. The summed E-state index contributed by atoms with van der Waals surface area (Å²) in [6, 6.07) is 11.5. The molecule has 0 spiro atoms. The number of hydrogen-bond acceptors (Lipinski definition) is 2. The number of carbonyl (C=O) groups excluding carboxylic acids is 1. The van der Waals surface area contributed by atoms with Gasteiger partial charge in [0.25, 0.3) is 5.91 Å². The van der Waals surface area contributed by atoms with Gasteiger partial charge in [0.1, 0.15) is 0 Å². The number of carbonyl (C=O) groups is 1. The molecule has 3 nitrogen and oxygen atoms in total. The highest BCUT2D eigenvalue weighted by atomic mass is 79.9. The number of nitrogens with zero attached hydrogens (tertiary/aromatic N) is 1. The van der Waals surface area contributed by atoms with Crippen LogP contribution in [0.3, 0.4) is 0 Å². The number of alkyl halides is 3. The maximum Gasteiger partial charge on any atom is 0.417 e. The molecular formula is C15H10BrF3N2O. The van der Waals surface area contributed by atoms with E-state index in [1.165, 1.54) is 18.2 Å². The van der Waals surface area contributed by atoms with Crippen LogP contribution in [-0.2, 0) is 6.18 Å². The second kappa shape index (κ2) is 6.74. The quantitative estimate of drug-likeness (QED) is 0.637. The van der Waals surface area contributed by atoms with Crippen molar-refractivity contribution in [3.8, 4) is 0 Å². The largest absolute Gasteiger partial charge is 0.417 e. The van der Waals surface area contributed by atoms with Crippen LogP contribution in [0.15, 0.2) is 58.1 Å². The fourth-order valence-electron chi connectivity index (χ4n) is 1.69. The molecule has 0 unspecified atom stereocenters. The molecule has 1 N–H and O–H groups in total. The van der Waals surface area contributed by atoms with Gasteiger partial charge in [-0.25, -0.2) is 5.43 Å². The predicted octanol–water partition coefficient (Wildman–Crippen LogP) is 4.23. The highest BCUT2D eigenvalue weighted by Gasteiger charge is 2.32. The third-order valence-corrected chi connectivity index (χ3v) is 3.27. The summed E-state index contributed by atoms with van der Waals surface area (Å²) < 4.78 is 39.2. The molecule has 2 rings (SSSR count). The number of rotatable bonds is 3. The predicted molar refractivity (Wildman–Crippen MR) is 80.6 cm³/mol. The molecule has 0 radical (unpaired) electrons. The average molecular weight is 371 g/mol. The molecule has 0 bridgehead atoms. The van der Waals surface area contributed by atoms with E-state index >= 15 is 0 Å². The Balaban J connectivity index is 2.10. The number of benzene rings is 2. The number of amides is 1. The highest BCUT2D eigenvalue weighted by molar-refractivity contribution is 9.10. The monoisotopic (exact) mass is 370 g/mol. The third-order valence-electron chi connectivity index (χ3n) is 2.74. The molecule has 0 saturated carbocycles. The minimum Gasteiger partial charge on any atom is -0.267 e. The Morgan fingerprint density at radius 3 is 2.36 bits per heavy atom. The third kappa shape index (κ3) is 4.17. The Morgan fingerprint density at radius 2 is 1.73 bits per heavy atom. The van der Waals surface area contributed by atoms with Crippen molar-refractivity contribution >= 4 is 28.1 Å². The van der Waals surface area contributed by atoms with Crippen molar-refractivity contribution in [3.05, 3.63) is 69.7 Å². The summed E-state index contributed by atoms with van der Waals surface area (Å²) in [5.74, 6) is -0.506. The first kappa shape index (κ1) is 16.2. The fraction of sp³-hybridized carbons (Fsp3) is 0.0667. The molecule has 0 aliphatic carbocycles. The van der Waals surface area contributed by atoms with Crippen molar-refractivity contribution in [2.45, 2.75) is 6.18 Å². The van der Waals surface area contributed by atoms with Crippen LogP contribution in [0.5, 0.6) is 0 Å². The molecule has 0 fully saturated rings. The van der Waals surface area contributed by atoms with Crippen molar-refractivity contribution in [2.75, 3.05) is 0 Å². The molecule has 22 heavy (non-hydrogen) atoms. The summed E-state index contributed by atoms with van der Waals surface area (Å²) in [5, 5.41) is 3.58. The van der Waals surface area contributed by atoms with E-state index < -0.39 is 17.6 Å². The van der Waals surface area contributed by atoms with E-state index in [1.54, 1.807) is 24.3 Å². The van der Waals surface area contributed by atoms with Crippen molar-refractivity contribution in [3.63, 3.8) is 0 Å². The normalized spacial score (nSPS) is 11.6. The van der Waals surface area contributed by atoms with Crippen molar-refractivity contribution in [1.82, 2.24) is 5.43 Å². The van der Waals surface area contributed by atoms with E-state index in [1.807, 2.05) is 0 Å². The van der Waals surface area contributed by atoms with Crippen LogP contribution in [0.25, 0.3) is 0 Å². The van der Waals surface area contributed by atoms with E-state index in [2.05, 4.69) is 26.5 Å². The molecule has 2 aromatic rings. The lowest BCUT2D eigenvalue weighted by molar-refractivity contribution is -0.137. The first-order valence-electron chi connectivity index (χ1n) is 6.13. The van der Waals surface area contributed by atoms with Gasteiger partial charge in [-0.1, -0.05) is 34.1 Å². The van der Waals surface area contributed by atoms with Crippen LogP contribution in [0, 0.1) is 0 Å². The molecule has 0 aromatic heterocycles. The first-order valence-corrected chi connectivity index (χ1v) is 6.92. The van der Waals surface area contributed by atoms with Crippen molar-refractivity contribution in [1.29, 1.82) is 0 Å². The van der Waals surface area contributed by atoms with Gasteiger partial charge >= 0.3 is 6.18 Å². The van der Waals surface area contributed by atoms with Gasteiger partial charge in [-0.3, -0.25) is 4.79 Å². The van der Waals surface area contributed by atoms with Crippen LogP contribution < -0.4 is 5.43 Å². The molecule has 0 saturated heterocycles. The lowest BCUT2D eigenvalue weighted by Crippen LogP contribution is -2.18. The summed E-state index contributed by atoms with van der Waals surface area (Å²) in [7, 11) is 0. The van der Waals surface area contributed by atoms with Crippen LogP contribution in [0.1, 0.15) is 21.5 Å². The molecule has 0 aliphatic heterocycles. The number of hydrazone groups is 1. The Labute approximate surface area is 133 Å². The SMILES string of the molecule is O=C(N/N=C\c1ccccc1C(F)(F)F)c1ccc(Br)cc1. The highest BCUT2D eigenvalue weighted by Crippen LogP contribution is 2.31. The Kier molecular flexibility index (Phi) is 4.97. The number of halogens is 4. The van der Waals surface area contributed by atoms with Crippen LogP contribution in [0.4, 0.5) is 13.2 Å². The summed E-state index contributed by atoms with van der Waals surface area (Å²) in [6.45, 7) is 0. The van der Waals surface area contributed by atoms with E-state index in [-0.39, 0.29) is 5.56 Å². The van der Waals surface area contributed by atoms with Gasteiger partial charge in [-0.2, -0.15) is 18.3 Å². The van der Waals surface area contributed by atoms with Crippen LogP contribution >= 0.6 is 15.9 Å². The molecule has 1 amide bonds. The van der Waals surface area contributed by atoms with Crippen molar-refractivity contribution < 1.29 is 18.0 Å². The van der Waals surface area contributed by atoms with Gasteiger partial charge in [0, 0.05) is 15.6 Å². The van der Waals surface area contributed by atoms with Gasteiger partial charge in [-0.05, 0) is 30.3 Å². The Morgan fingerprint density at radius 1 is 1.09 bits per heavy atom. The average Bonchev–Trinajstić information content (AvgIpc) is 2.47. The maximum atomic E-state index is 12.8. The topological polar surface area (TPSA) is 41.5 Å². The zero-order valence-corrected chi connectivity index (χ0v) is 12.6. The Hall–Kier alpha value is -2.15. The molecule has 2 aromatic carbocycles. The Bertz CT molecular complexity index is 697. The summed E-state index contributed by atoms with van der Waals surface area (Å²) in [5.41, 5.74) is 1.62. The van der Waals surface area contributed by atoms with Gasteiger partial charge < -0.3 is 0 Å². The van der Waals surface area contributed by atoms with Crippen LogP contribution in [0.2, 0.25) is 0 Å². The second-order valence-electron chi connectivity index (χ2n) is 4.29. The minimum atomic E-state index is -4.47. The summed E-state index contributed by atoms with van der Waals surface area (Å²) in [4.78, 5) is 11.8. The van der Waals surface area contributed by atoms with E-state index in [4.69, 9.17) is 0 Å². The lowest BCUT2D eigenvalue weighted by Gasteiger charge is -2.09. The molecule has 7 heteroatoms. The van der Waals surface area contributed by atoms with E-state index in [0.717, 1.165) is 16.8 Å². The molecule has 114 valence electrons. The second-order valence-corrected chi connectivity index (χ2v) is 5.21. The number of hydrogen-bond donors (Lipinski definition) is 1. The van der Waals surface area contributed by atoms with Crippen molar-refractivity contribution in [2.24, 2.45) is 5.10 Å². The van der Waals surface area contributed by atoms with Gasteiger partial charge in [-0.15, -0.1) is 0 Å². The molecule has 0 atom stereocenters. The number of nitrogens with one attached hydrogen (secondary N) is 1.